The first-order valence-electron chi connectivity index (χ1n) is 5.06. The van der Waals surface area contributed by atoms with E-state index in [1.54, 1.807) is 0 Å². The number of rotatable bonds is 4. The van der Waals surface area contributed by atoms with Gasteiger partial charge in [0.1, 0.15) is 0 Å². The van der Waals surface area contributed by atoms with Crippen molar-refractivity contribution in [1.82, 2.24) is 0 Å². The lowest BCUT2D eigenvalue weighted by molar-refractivity contribution is 0.385. The van der Waals surface area contributed by atoms with Crippen molar-refractivity contribution < 1.29 is 0 Å². The van der Waals surface area contributed by atoms with E-state index in [1.807, 2.05) is 18.2 Å². The Morgan fingerprint density at radius 2 is 1.80 bits per heavy atom. The van der Waals surface area contributed by atoms with Crippen LogP contribution in [0.4, 0.5) is 0 Å². The summed E-state index contributed by atoms with van der Waals surface area (Å²) in [6.07, 6.45) is 5.37. The van der Waals surface area contributed by atoms with Crippen LogP contribution in [0.5, 0.6) is 0 Å². The minimum absolute atomic E-state index is 0. The lowest BCUT2D eigenvalue weighted by atomic mass is 9.89. The maximum absolute atomic E-state index is 5.65. The largest absolute Gasteiger partial charge is 0.330 e. The minimum Gasteiger partial charge on any atom is -0.330 e. The molecule has 0 spiro atoms. The Kier molecular flexibility index (Phi) is 6.30. The van der Waals surface area contributed by atoms with Crippen LogP contribution in [0.3, 0.4) is 0 Å². The van der Waals surface area contributed by atoms with Crippen LogP contribution in [-0.4, -0.2) is 6.54 Å². The normalized spacial score (nSPS) is 11.4. The molecule has 0 saturated carbocycles. The van der Waals surface area contributed by atoms with Crippen molar-refractivity contribution in [3.05, 3.63) is 42.0 Å². The molecule has 1 rings (SSSR count). The van der Waals surface area contributed by atoms with E-state index >= 15 is 0 Å². The van der Waals surface area contributed by atoms with Gasteiger partial charge < -0.3 is 5.73 Å². The number of hydrogen-bond donors (Lipinski definition) is 1. The first-order valence-corrected chi connectivity index (χ1v) is 5.06. The van der Waals surface area contributed by atoms with Gasteiger partial charge in [0.05, 0.1) is 0 Å². The van der Waals surface area contributed by atoms with Crippen LogP contribution in [-0.2, 0) is 0 Å². The molecule has 0 amide bonds. The zero-order chi connectivity index (χ0) is 10.4. The Hall–Kier alpha value is -0.790. The summed E-state index contributed by atoms with van der Waals surface area (Å²) in [7, 11) is 0. The summed E-state index contributed by atoms with van der Waals surface area (Å²) in [4.78, 5) is 0. The third-order valence-electron chi connectivity index (χ3n) is 2.33. The van der Waals surface area contributed by atoms with E-state index in [4.69, 9.17) is 5.73 Å². The SMILES string of the molecule is CC(C)(CN)C/C=C/c1ccccc1.Cl. The summed E-state index contributed by atoms with van der Waals surface area (Å²) >= 11 is 0. The second-order valence-corrected chi connectivity index (χ2v) is 4.39. The molecule has 0 unspecified atom stereocenters. The quantitative estimate of drug-likeness (QED) is 0.834. The minimum atomic E-state index is 0. The fourth-order valence-electron chi connectivity index (χ4n) is 1.16. The molecule has 84 valence electrons. The molecule has 1 aromatic rings. The van der Waals surface area contributed by atoms with Crippen molar-refractivity contribution in [2.45, 2.75) is 20.3 Å². The third-order valence-corrected chi connectivity index (χ3v) is 2.33. The highest BCUT2D eigenvalue weighted by Gasteiger charge is 2.12. The van der Waals surface area contributed by atoms with Gasteiger partial charge in [0.25, 0.3) is 0 Å². The van der Waals surface area contributed by atoms with Gasteiger partial charge in [-0.15, -0.1) is 12.4 Å². The van der Waals surface area contributed by atoms with Gasteiger partial charge in [-0.25, -0.2) is 0 Å². The second kappa shape index (κ2) is 6.65. The molecule has 2 N–H and O–H groups in total. The molecule has 1 nitrogen and oxygen atoms in total. The van der Waals surface area contributed by atoms with E-state index < -0.39 is 0 Å². The fourth-order valence-corrected chi connectivity index (χ4v) is 1.16. The molecule has 0 aliphatic heterocycles. The lowest BCUT2D eigenvalue weighted by Crippen LogP contribution is -2.22. The van der Waals surface area contributed by atoms with Gasteiger partial charge in [-0.1, -0.05) is 56.3 Å². The summed E-state index contributed by atoms with van der Waals surface area (Å²) in [5.74, 6) is 0. The van der Waals surface area contributed by atoms with Crippen LogP contribution in [0, 0.1) is 5.41 Å². The van der Waals surface area contributed by atoms with E-state index in [0.29, 0.717) is 0 Å². The van der Waals surface area contributed by atoms with Gasteiger partial charge in [-0.3, -0.25) is 0 Å². The molecule has 0 radical (unpaired) electrons. The predicted molar refractivity (Wildman–Crippen MR) is 70.2 cm³/mol. The van der Waals surface area contributed by atoms with E-state index in [2.05, 4.69) is 38.1 Å². The third kappa shape index (κ3) is 5.60. The molecule has 0 fully saturated rings. The summed E-state index contributed by atoms with van der Waals surface area (Å²) in [6.45, 7) is 5.09. The Bertz CT molecular complexity index is 291. The molecule has 2 heteroatoms. The summed E-state index contributed by atoms with van der Waals surface area (Å²) < 4.78 is 0. The van der Waals surface area contributed by atoms with Gasteiger partial charge in [-0.05, 0) is 23.9 Å². The Labute approximate surface area is 98.8 Å². The number of nitrogens with two attached hydrogens (primary N) is 1. The monoisotopic (exact) mass is 225 g/mol. The molecular formula is C13H20ClN. The fraction of sp³-hybridized carbons (Fsp3) is 0.385. The Morgan fingerprint density at radius 3 is 2.33 bits per heavy atom. The number of hydrogen-bond acceptors (Lipinski definition) is 1. The highest BCUT2D eigenvalue weighted by atomic mass is 35.5. The van der Waals surface area contributed by atoms with Gasteiger partial charge in [0, 0.05) is 0 Å². The van der Waals surface area contributed by atoms with Crippen molar-refractivity contribution in [3.63, 3.8) is 0 Å². The van der Waals surface area contributed by atoms with Crippen LogP contribution < -0.4 is 5.73 Å². The van der Waals surface area contributed by atoms with Crippen molar-refractivity contribution in [1.29, 1.82) is 0 Å². The maximum atomic E-state index is 5.65. The number of halogens is 1. The van der Waals surface area contributed by atoms with Crippen LogP contribution in [0.25, 0.3) is 6.08 Å². The molecular weight excluding hydrogens is 206 g/mol. The van der Waals surface area contributed by atoms with Gasteiger partial charge in [-0.2, -0.15) is 0 Å². The van der Waals surface area contributed by atoms with Gasteiger partial charge >= 0.3 is 0 Å². The van der Waals surface area contributed by atoms with Crippen LogP contribution in [0.1, 0.15) is 25.8 Å². The highest BCUT2D eigenvalue weighted by molar-refractivity contribution is 5.85. The van der Waals surface area contributed by atoms with Crippen LogP contribution in [0.2, 0.25) is 0 Å². The van der Waals surface area contributed by atoms with Crippen molar-refractivity contribution in [2.24, 2.45) is 11.1 Å². The first-order chi connectivity index (χ1) is 6.64. The molecule has 0 aliphatic rings. The van der Waals surface area contributed by atoms with Gasteiger partial charge in [0.15, 0.2) is 0 Å². The molecule has 0 atom stereocenters. The van der Waals surface area contributed by atoms with E-state index in [0.717, 1.165) is 13.0 Å². The Morgan fingerprint density at radius 1 is 1.20 bits per heavy atom. The van der Waals surface area contributed by atoms with E-state index in [9.17, 15) is 0 Å². The van der Waals surface area contributed by atoms with Crippen molar-refractivity contribution in [2.75, 3.05) is 6.54 Å². The standard InChI is InChI=1S/C13H19N.ClH/c1-13(2,11-14)10-6-9-12-7-4-3-5-8-12;/h3-9H,10-11,14H2,1-2H3;1H/b9-6+;. The van der Waals surface area contributed by atoms with Crippen LogP contribution in [0.15, 0.2) is 36.4 Å². The molecule has 0 saturated heterocycles. The summed E-state index contributed by atoms with van der Waals surface area (Å²) in [6, 6.07) is 10.3. The average Bonchev–Trinajstić information content (AvgIpc) is 2.19. The van der Waals surface area contributed by atoms with E-state index in [1.165, 1.54) is 5.56 Å². The zero-order valence-corrected chi connectivity index (χ0v) is 10.3. The zero-order valence-electron chi connectivity index (χ0n) is 9.44. The Balaban J connectivity index is 0.00000196. The molecule has 0 bridgehead atoms. The lowest BCUT2D eigenvalue weighted by Gasteiger charge is -2.19. The molecule has 0 aromatic heterocycles. The second-order valence-electron chi connectivity index (χ2n) is 4.39. The molecule has 0 heterocycles. The molecule has 15 heavy (non-hydrogen) atoms. The van der Waals surface area contributed by atoms with E-state index in [-0.39, 0.29) is 17.8 Å². The highest BCUT2D eigenvalue weighted by Crippen LogP contribution is 2.19. The van der Waals surface area contributed by atoms with Crippen molar-refractivity contribution >= 4 is 18.5 Å². The maximum Gasteiger partial charge on any atom is -0.00229 e. The summed E-state index contributed by atoms with van der Waals surface area (Å²) in [5.41, 5.74) is 7.12. The number of allylic oxidation sites excluding steroid dienone is 1. The molecule has 0 aliphatic carbocycles. The van der Waals surface area contributed by atoms with Gasteiger partial charge in [0.2, 0.25) is 0 Å². The summed E-state index contributed by atoms with van der Waals surface area (Å²) in [5, 5.41) is 0. The first kappa shape index (κ1) is 14.2. The average molecular weight is 226 g/mol. The number of benzene rings is 1. The smallest absolute Gasteiger partial charge is 0.00229 e. The van der Waals surface area contributed by atoms with Crippen LogP contribution >= 0.6 is 12.4 Å². The molecule has 1 aromatic carbocycles. The topological polar surface area (TPSA) is 26.0 Å². The predicted octanol–water partition coefficient (Wildman–Crippen LogP) is 3.50. The van der Waals surface area contributed by atoms with Crippen molar-refractivity contribution in [3.8, 4) is 0 Å².